The van der Waals surface area contributed by atoms with E-state index in [0.717, 1.165) is 25.6 Å². The van der Waals surface area contributed by atoms with Crippen molar-refractivity contribution in [3.05, 3.63) is 98.4 Å². The van der Waals surface area contributed by atoms with Crippen LogP contribution in [0.4, 0.5) is 0 Å². The molecule has 184 valence electrons. The molecule has 0 spiro atoms. The molecule has 0 saturated carbocycles. The minimum atomic E-state index is -0.693. The van der Waals surface area contributed by atoms with E-state index in [2.05, 4.69) is 37.2 Å². The van der Waals surface area contributed by atoms with E-state index in [4.69, 9.17) is 4.74 Å². The summed E-state index contributed by atoms with van der Waals surface area (Å²) < 4.78 is 7.74. The minimum absolute atomic E-state index is 0.0504. The molecule has 3 aromatic carbocycles. The summed E-state index contributed by atoms with van der Waals surface area (Å²) in [7, 11) is 0. The minimum Gasteiger partial charge on any atom is -0.484 e. The van der Waals surface area contributed by atoms with Crippen LogP contribution in [-0.2, 0) is 22.6 Å². The number of rotatable bonds is 10. The lowest BCUT2D eigenvalue weighted by Gasteiger charge is -2.32. The molecule has 0 bridgehead atoms. The summed E-state index contributed by atoms with van der Waals surface area (Å²) >= 11 is 6.99. The molecule has 1 unspecified atom stereocenters. The molecule has 1 N–H and O–H groups in total. The van der Waals surface area contributed by atoms with Crippen molar-refractivity contribution < 1.29 is 14.3 Å². The number of carbonyl (C=O) groups is 2. The van der Waals surface area contributed by atoms with Gasteiger partial charge in [-0.3, -0.25) is 9.59 Å². The second-order valence-corrected chi connectivity index (χ2v) is 10.5. The number of nitrogens with zero attached hydrogens (tertiary/aromatic N) is 1. The van der Waals surface area contributed by atoms with Gasteiger partial charge in [0, 0.05) is 28.0 Å². The largest absolute Gasteiger partial charge is 0.484 e. The number of nitrogens with one attached hydrogen (secondary N) is 1. The van der Waals surface area contributed by atoms with Crippen LogP contribution in [0.3, 0.4) is 0 Å². The SMILES string of the molecule is Cc1cc(OCC(=O)N(Cc2cccc(Br)c2)C(Cc2ccccc2)C(=O)NC(C)C)ccc1Br. The van der Waals surface area contributed by atoms with Crippen LogP contribution in [0.1, 0.15) is 30.5 Å². The van der Waals surface area contributed by atoms with Crippen LogP contribution in [0.25, 0.3) is 0 Å². The third kappa shape index (κ3) is 8.22. The Kier molecular flexibility index (Phi) is 9.93. The molecule has 3 rings (SSSR count). The molecule has 0 saturated heterocycles. The maximum Gasteiger partial charge on any atom is 0.261 e. The number of amides is 2. The number of aryl methyl sites for hydroxylation is 1. The first kappa shape index (κ1) is 27.0. The normalized spacial score (nSPS) is 11.7. The lowest BCUT2D eigenvalue weighted by Crippen LogP contribution is -2.52. The zero-order valence-electron chi connectivity index (χ0n) is 20.1. The average Bonchev–Trinajstić information content (AvgIpc) is 2.82. The highest BCUT2D eigenvalue weighted by Crippen LogP contribution is 2.22. The van der Waals surface area contributed by atoms with E-state index in [1.807, 2.05) is 93.6 Å². The monoisotopic (exact) mass is 600 g/mol. The molecule has 0 aliphatic heterocycles. The van der Waals surface area contributed by atoms with E-state index in [1.54, 1.807) is 4.90 Å². The number of ether oxygens (including phenoxy) is 1. The predicted octanol–water partition coefficient (Wildman–Crippen LogP) is 6.06. The molecule has 0 heterocycles. The molecule has 0 aliphatic rings. The van der Waals surface area contributed by atoms with E-state index in [1.165, 1.54) is 0 Å². The maximum atomic E-state index is 13.6. The average molecular weight is 602 g/mol. The Morgan fingerprint density at radius 3 is 2.31 bits per heavy atom. The molecule has 0 radical (unpaired) electrons. The Hall–Kier alpha value is -2.64. The number of benzene rings is 3. The highest BCUT2D eigenvalue weighted by molar-refractivity contribution is 9.10. The van der Waals surface area contributed by atoms with Gasteiger partial charge < -0.3 is 15.0 Å². The molecule has 2 amide bonds. The van der Waals surface area contributed by atoms with Gasteiger partial charge in [-0.05, 0) is 67.8 Å². The fraction of sp³-hybridized carbons (Fsp3) is 0.286. The molecule has 7 heteroatoms. The van der Waals surface area contributed by atoms with Gasteiger partial charge in [-0.2, -0.15) is 0 Å². The van der Waals surface area contributed by atoms with Gasteiger partial charge in [0.05, 0.1) is 0 Å². The van der Waals surface area contributed by atoms with E-state index >= 15 is 0 Å². The second kappa shape index (κ2) is 12.9. The number of hydrogen-bond donors (Lipinski definition) is 1. The summed E-state index contributed by atoms with van der Waals surface area (Å²) in [5.74, 6) is 0.157. The fourth-order valence-corrected chi connectivity index (χ4v) is 4.39. The maximum absolute atomic E-state index is 13.6. The Bertz CT molecular complexity index is 1150. The Morgan fingerprint density at radius 2 is 1.66 bits per heavy atom. The molecule has 3 aromatic rings. The highest BCUT2D eigenvalue weighted by atomic mass is 79.9. The van der Waals surface area contributed by atoms with Crippen molar-refractivity contribution >= 4 is 43.7 Å². The van der Waals surface area contributed by atoms with E-state index in [0.29, 0.717) is 12.2 Å². The fourth-order valence-electron chi connectivity index (χ4n) is 3.70. The van der Waals surface area contributed by atoms with Gasteiger partial charge in [0.1, 0.15) is 11.8 Å². The highest BCUT2D eigenvalue weighted by Gasteiger charge is 2.31. The molecule has 0 aliphatic carbocycles. The third-order valence-electron chi connectivity index (χ3n) is 5.44. The van der Waals surface area contributed by atoms with Crippen LogP contribution < -0.4 is 10.1 Å². The van der Waals surface area contributed by atoms with Crippen molar-refractivity contribution in [3.63, 3.8) is 0 Å². The van der Waals surface area contributed by atoms with Gasteiger partial charge in [-0.15, -0.1) is 0 Å². The molecule has 0 aromatic heterocycles. The lowest BCUT2D eigenvalue weighted by atomic mass is 10.0. The van der Waals surface area contributed by atoms with E-state index in [-0.39, 0.29) is 31.0 Å². The molecule has 35 heavy (non-hydrogen) atoms. The molecular weight excluding hydrogens is 572 g/mol. The smallest absolute Gasteiger partial charge is 0.261 e. The third-order valence-corrected chi connectivity index (χ3v) is 6.82. The first-order valence-electron chi connectivity index (χ1n) is 11.5. The van der Waals surface area contributed by atoms with Crippen LogP contribution in [-0.4, -0.2) is 35.4 Å². The lowest BCUT2D eigenvalue weighted by molar-refractivity contribution is -0.143. The zero-order chi connectivity index (χ0) is 25.4. The summed E-state index contributed by atoms with van der Waals surface area (Å²) in [5, 5.41) is 2.99. The van der Waals surface area contributed by atoms with Gasteiger partial charge in [0.15, 0.2) is 6.61 Å². The van der Waals surface area contributed by atoms with Gasteiger partial charge in [-0.25, -0.2) is 0 Å². The predicted molar refractivity (Wildman–Crippen MR) is 146 cm³/mol. The quantitative estimate of drug-likeness (QED) is 0.307. The first-order valence-corrected chi connectivity index (χ1v) is 13.1. The molecular formula is C28H30Br2N2O3. The van der Waals surface area contributed by atoms with Crippen molar-refractivity contribution in [3.8, 4) is 5.75 Å². The van der Waals surface area contributed by atoms with Gasteiger partial charge in [0.2, 0.25) is 5.91 Å². The van der Waals surface area contributed by atoms with Gasteiger partial charge >= 0.3 is 0 Å². The molecule has 1 atom stereocenters. The standard InChI is InChI=1S/C28H30Br2N2O3/c1-19(2)31-28(34)26(16-21-8-5-4-6-9-21)32(17-22-10-7-11-23(29)15-22)27(33)18-35-24-12-13-25(30)20(3)14-24/h4-15,19,26H,16-18H2,1-3H3,(H,31,34). The van der Waals surface area contributed by atoms with Crippen LogP contribution >= 0.6 is 31.9 Å². The van der Waals surface area contributed by atoms with Gasteiger partial charge in [0.25, 0.3) is 5.91 Å². The summed E-state index contributed by atoms with van der Waals surface area (Å²) in [4.78, 5) is 28.6. The van der Waals surface area contributed by atoms with Crippen molar-refractivity contribution in [1.29, 1.82) is 0 Å². The Labute approximate surface area is 224 Å². The number of hydrogen-bond acceptors (Lipinski definition) is 3. The van der Waals surface area contributed by atoms with Crippen LogP contribution in [0.2, 0.25) is 0 Å². The van der Waals surface area contributed by atoms with E-state index < -0.39 is 6.04 Å². The van der Waals surface area contributed by atoms with Crippen molar-refractivity contribution in [2.45, 2.75) is 45.8 Å². The van der Waals surface area contributed by atoms with Crippen molar-refractivity contribution in [2.24, 2.45) is 0 Å². The molecule has 0 fully saturated rings. The Morgan fingerprint density at radius 1 is 0.943 bits per heavy atom. The Balaban J connectivity index is 1.91. The van der Waals surface area contributed by atoms with Crippen LogP contribution in [0.15, 0.2) is 81.7 Å². The topological polar surface area (TPSA) is 58.6 Å². The number of halogens is 2. The summed E-state index contributed by atoms with van der Waals surface area (Å²) in [5.41, 5.74) is 2.91. The van der Waals surface area contributed by atoms with Crippen molar-refractivity contribution in [1.82, 2.24) is 10.2 Å². The van der Waals surface area contributed by atoms with Crippen LogP contribution in [0, 0.1) is 6.92 Å². The van der Waals surface area contributed by atoms with Gasteiger partial charge in [-0.1, -0.05) is 74.3 Å². The first-order chi connectivity index (χ1) is 16.7. The van der Waals surface area contributed by atoms with E-state index in [9.17, 15) is 9.59 Å². The van der Waals surface area contributed by atoms with Crippen molar-refractivity contribution in [2.75, 3.05) is 6.61 Å². The van der Waals surface area contributed by atoms with Crippen LogP contribution in [0.5, 0.6) is 5.75 Å². The summed E-state index contributed by atoms with van der Waals surface area (Å²) in [6.07, 6.45) is 0.399. The second-order valence-electron chi connectivity index (χ2n) is 8.72. The summed E-state index contributed by atoms with van der Waals surface area (Å²) in [6, 6.07) is 22.4. The summed E-state index contributed by atoms with van der Waals surface area (Å²) in [6.45, 7) is 5.90. The molecule has 5 nitrogen and oxygen atoms in total. The number of carbonyl (C=O) groups excluding carboxylic acids is 2. The zero-order valence-corrected chi connectivity index (χ0v) is 23.3.